The number of hydrogen-bond donors (Lipinski definition) is 1. The molecule has 8 nitrogen and oxygen atoms in total. The number of thiophene rings is 1. The van der Waals surface area contributed by atoms with Gasteiger partial charge in [-0.1, -0.05) is 24.3 Å². The van der Waals surface area contributed by atoms with Crippen molar-refractivity contribution in [2.24, 2.45) is 0 Å². The van der Waals surface area contributed by atoms with Gasteiger partial charge < -0.3 is 14.6 Å². The summed E-state index contributed by atoms with van der Waals surface area (Å²) in [7, 11) is 1.55. The molecule has 5 rings (SSSR count). The molecule has 1 N–H and O–H groups in total. The van der Waals surface area contributed by atoms with E-state index in [1.807, 2.05) is 54.8 Å². The van der Waals surface area contributed by atoms with Crippen molar-refractivity contribution in [2.45, 2.75) is 20.0 Å². The molecule has 1 aromatic carbocycles. The minimum Gasteiger partial charge on any atom is -0.459 e. The van der Waals surface area contributed by atoms with E-state index < -0.39 is 0 Å². The Morgan fingerprint density at radius 2 is 2.03 bits per heavy atom. The van der Waals surface area contributed by atoms with Crippen LogP contribution in [0.3, 0.4) is 0 Å². The fourth-order valence-electron chi connectivity index (χ4n) is 3.94. The molecule has 0 aliphatic carbocycles. The summed E-state index contributed by atoms with van der Waals surface area (Å²) in [6, 6.07) is 15.3. The molecule has 0 aliphatic heterocycles. The van der Waals surface area contributed by atoms with Crippen LogP contribution in [-0.2, 0) is 17.9 Å². The van der Waals surface area contributed by atoms with Gasteiger partial charge in [0.05, 0.1) is 30.2 Å². The van der Waals surface area contributed by atoms with Crippen molar-refractivity contribution in [3.63, 3.8) is 0 Å². The van der Waals surface area contributed by atoms with E-state index in [9.17, 15) is 9.59 Å². The molecule has 4 aromatic heterocycles. The first-order chi connectivity index (χ1) is 16.5. The van der Waals surface area contributed by atoms with Crippen molar-refractivity contribution < 1.29 is 14.0 Å². The van der Waals surface area contributed by atoms with Crippen LogP contribution in [0.1, 0.15) is 26.7 Å². The second-order valence-electron chi connectivity index (χ2n) is 8.01. The Kier molecular flexibility index (Phi) is 5.85. The van der Waals surface area contributed by atoms with E-state index in [4.69, 9.17) is 4.42 Å². The lowest BCUT2D eigenvalue weighted by Gasteiger charge is -2.21. The Balaban J connectivity index is 1.51. The average molecular weight is 474 g/mol. The lowest BCUT2D eigenvalue weighted by atomic mass is 10.1. The van der Waals surface area contributed by atoms with Crippen molar-refractivity contribution in [3.8, 4) is 0 Å². The molecular weight excluding hydrogens is 450 g/mol. The van der Waals surface area contributed by atoms with Crippen LogP contribution in [0.2, 0.25) is 0 Å². The standard InChI is InChI=1S/C25H23N5O3S/c1-16-10-20(21-12-27-30(24(21)28-16)14-19-7-5-9-34-19)25(32)29(15-23(31)26-2)13-18-11-17-6-3-4-8-22(17)33-18/h3-12H,13-15H2,1-2H3,(H,26,31). The number of benzene rings is 1. The van der Waals surface area contributed by atoms with E-state index >= 15 is 0 Å². The van der Waals surface area contributed by atoms with Crippen LogP contribution in [0.4, 0.5) is 0 Å². The smallest absolute Gasteiger partial charge is 0.255 e. The summed E-state index contributed by atoms with van der Waals surface area (Å²) in [4.78, 5) is 33.3. The van der Waals surface area contributed by atoms with Gasteiger partial charge in [-0.25, -0.2) is 9.67 Å². The molecule has 5 aromatic rings. The van der Waals surface area contributed by atoms with E-state index in [1.165, 1.54) is 4.90 Å². The summed E-state index contributed by atoms with van der Waals surface area (Å²) >= 11 is 1.64. The first-order valence-corrected chi connectivity index (χ1v) is 11.7. The van der Waals surface area contributed by atoms with E-state index in [0.29, 0.717) is 34.6 Å². The summed E-state index contributed by atoms with van der Waals surface area (Å²) in [5.74, 6) is 0.0592. The van der Waals surface area contributed by atoms with E-state index in [2.05, 4.69) is 15.4 Å². The van der Waals surface area contributed by atoms with Crippen LogP contribution in [0.15, 0.2) is 64.5 Å². The van der Waals surface area contributed by atoms with Gasteiger partial charge in [0.15, 0.2) is 5.65 Å². The summed E-state index contributed by atoms with van der Waals surface area (Å²) < 4.78 is 7.72. The van der Waals surface area contributed by atoms with Crippen molar-refractivity contribution in [3.05, 3.63) is 82.0 Å². The Morgan fingerprint density at radius 3 is 2.79 bits per heavy atom. The highest BCUT2D eigenvalue weighted by molar-refractivity contribution is 7.09. The fraction of sp³-hybridized carbons (Fsp3) is 0.200. The topological polar surface area (TPSA) is 93.3 Å². The third-order valence-electron chi connectivity index (χ3n) is 5.58. The van der Waals surface area contributed by atoms with Crippen LogP contribution < -0.4 is 5.32 Å². The number of aromatic nitrogens is 3. The highest BCUT2D eigenvalue weighted by Gasteiger charge is 2.24. The second-order valence-corrected chi connectivity index (χ2v) is 9.05. The maximum atomic E-state index is 13.7. The fourth-order valence-corrected chi connectivity index (χ4v) is 4.63. The number of aryl methyl sites for hydroxylation is 1. The second kappa shape index (κ2) is 9.11. The molecule has 0 aliphatic rings. The average Bonchev–Trinajstić information content (AvgIpc) is 3.58. The molecule has 0 radical (unpaired) electrons. The van der Waals surface area contributed by atoms with Crippen molar-refractivity contribution in [2.75, 3.05) is 13.6 Å². The molecular formula is C25H23N5O3S. The Labute approximate surface area is 199 Å². The molecule has 4 heterocycles. The van der Waals surface area contributed by atoms with Gasteiger partial charge in [-0.15, -0.1) is 11.3 Å². The number of likely N-dealkylation sites (N-methyl/N-ethyl adjacent to an activating group) is 1. The van der Waals surface area contributed by atoms with E-state index in [0.717, 1.165) is 15.8 Å². The summed E-state index contributed by atoms with van der Waals surface area (Å²) in [5, 5.41) is 10.7. The minimum atomic E-state index is -0.282. The van der Waals surface area contributed by atoms with Gasteiger partial charge in [-0.3, -0.25) is 9.59 Å². The molecule has 34 heavy (non-hydrogen) atoms. The van der Waals surface area contributed by atoms with Gasteiger partial charge in [0.1, 0.15) is 17.9 Å². The zero-order valence-electron chi connectivity index (χ0n) is 18.8. The third-order valence-corrected chi connectivity index (χ3v) is 6.44. The van der Waals surface area contributed by atoms with Gasteiger partial charge in [0.2, 0.25) is 5.91 Å². The van der Waals surface area contributed by atoms with Gasteiger partial charge in [0, 0.05) is 23.0 Å². The molecule has 0 unspecified atom stereocenters. The highest BCUT2D eigenvalue weighted by atomic mass is 32.1. The third kappa shape index (κ3) is 4.29. The van der Waals surface area contributed by atoms with E-state index in [1.54, 1.807) is 35.3 Å². The lowest BCUT2D eigenvalue weighted by molar-refractivity contribution is -0.121. The molecule has 0 saturated carbocycles. The molecule has 0 atom stereocenters. The molecule has 9 heteroatoms. The molecule has 0 fully saturated rings. The Hall–Kier alpha value is -3.98. The summed E-state index contributed by atoms with van der Waals surface area (Å²) in [6.45, 7) is 2.49. The van der Waals surface area contributed by atoms with Crippen LogP contribution in [0.5, 0.6) is 0 Å². The maximum Gasteiger partial charge on any atom is 0.255 e. The van der Waals surface area contributed by atoms with Crippen LogP contribution in [0.25, 0.3) is 22.0 Å². The number of fused-ring (bicyclic) bond motifs is 2. The molecule has 0 bridgehead atoms. The van der Waals surface area contributed by atoms with Crippen molar-refractivity contribution in [1.82, 2.24) is 25.0 Å². The minimum absolute atomic E-state index is 0.0986. The summed E-state index contributed by atoms with van der Waals surface area (Å²) in [6.07, 6.45) is 1.67. The lowest BCUT2D eigenvalue weighted by Crippen LogP contribution is -2.39. The number of para-hydroxylation sites is 1. The normalized spacial score (nSPS) is 11.2. The first kappa shape index (κ1) is 21.8. The SMILES string of the molecule is CNC(=O)CN(Cc1cc2ccccc2o1)C(=O)c1cc(C)nc2c1cnn2Cc1cccs1. The number of furan rings is 1. The number of rotatable bonds is 7. The Bertz CT molecular complexity index is 1450. The zero-order valence-corrected chi connectivity index (χ0v) is 19.6. The number of carbonyl (C=O) groups is 2. The van der Waals surface area contributed by atoms with Crippen LogP contribution >= 0.6 is 11.3 Å². The molecule has 2 amide bonds. The van der Waals surface area contributed by atoms with Crippen molar-refractivity contribution >= 4 is 45.2 Å². The first-order valence-electron chi connectivity index (χ1n) is 10.8. The number of nitrogens with one attached hydrogen (secondary N) is 1. The zero-order chi connectivity index (χ0) is 23.7. The number of hydrogen-bond acceptors (Lipinski definition) is 6. The molecule has 0 saturated heterocycles. The Morgan fingerprint density at radius 1 is 1.18 bits per heavy atom. The van der Waals surface area contributed by atoms with E-state index in [-0.39, 0.29) is 24.9 Å². The number of amides is 2. The molecule has 0 spiro atoms. The van der Waals surface area contributed by atoms with Gasteiger partial charge >= 0.3 is 0 Å². The number of pyridine rings is 1. The predicted molar refractivity (Wildman–Crippen MR) is 131 cm³/mol. The highest BCUT2D eigenvalue weighted by Crippen LogP contribution is 2.24. The number of nitrogens with zero attached hydrogens (tertiary/aromatic N) is 4. The van der Waals surface area contributed by atoms with Gasteiger partial charge in [-0.2, -0.15) is 5.10 Å². The van der Waals surface area contributed by atoms with Gasteiger partial charge in [0.25, 0.3) is 5.91 Å². The quantitative estimate of drug-likeness (QED) is 0.386. The summed E-state index contributed by atoms with van der Waals surface area (Å²) in [5.41, 5.74) is 2.54. The monoisotopic (exact) mass is 473 g/mol. The van der Waals surface area contributed by atoms with Crippen molar-refractivity contribution in [1.29, 1.82) is 0 Å². The van der Waals surface area contributed by atoms with Crippen LogP contribution in [-0.4, -0.2) is 45.1 Å². The van der Waals surface area contributed by atoms with Crippen LogP contribution in [0, 0.1) is 6.92 Å². The predicted octanol–water partition coefficient (Wildman–Crippen LogP) is 3.98. The largest absolute Gasteiger partial charge is 0.459 e. The van der Waals surface area contributed by atoms with Gasteiger partial charge in [-0.05, 0) is 36.6 Å². The maximum absolute atomic E-state index is 13.7. The molecule has 172 valence electrons. The number of carbonyl (C=O) groups excluding carboxylic acids is 2.